The van der Waals surface area contributed by atoms with E-state index in [4.69, 9.17) is 18.9 Å². The van der Waals surface area contributed by atoms with Crippen molar-refractivity contribution in [1.29, 1.82) is 0 Å². The standard InChI is InChI=1S/C21H29NO9/c1-6-7-10-28-20(27)31-21(19(25)26,22-13(2)3)12-16-8-9-17(29-14(4)23)18(11-16)30-15(5)24/h8-9,11,13,22H,6-7,10,12H2,1-5H3,(H,25,26)/t21-/m0/s1. The summed E-state index contributed by atoms with van der Waals surface area (Å²) in [6.45, 7) is 7.75. The van der Waals surface area contributed by atoms with Gasteiger partial charge in [0, 0.05) is 26.3 Å². The van der Waals surface area contributed by atoms with Crippen LogP contribution in [0.4, 0.5) is 4.79 Å². The highest BCUT2D eigenvalue weighted by Gasteiger charge is 2.44. The highest BCUT2D eigenvalue weighted by Crippen LogP contribution is 2.31. The highest BCUT2D eigenvalue weighted by atomic mass is 16.7. The molecule has 10 nitrogen and oxygen atoms in total. The molecule has 0 amide bonds. The summed E-state index contributed by atoms with van der Waals surface area (Å²) in [7, 11) is 0. The van der Waals surface area contributed by atoms with Crippen molar-refractivity contribution in [3.63, 3.8) is 0 Å². The zero-order valence-corrected chi connectivity index (χ0v) is 18.4. The minimum Gasteiger partial charge on any atom is -0.477 e. The van der Waals surface area contributed by atoms with Crippen molar-refractivity contribution in [2.45, 2.75) is 65.6 Å². The number of carboxylic acid groups (broad SMARTS) is 1. The summed E-state index contributed by atoms with van der Waals surface area (Å²) in [5.74, 6) is -2.81. The second kappa shape index (κ2) is 11.9. The maximum Gasteiger partial charge on any atom is 0.510 e. The number of unbranched alkanes of at least 4 members (excludes halogenated alkanes) is 1. The lowest BCUT2D eigenvalue weighted by atomic mass is 10.0. The first kappa shape index (κ1) is 25.9. The van der Waals surface area contributed by atoms with E-state index >= 15 is 0 Å². The van der Waals surface area contributed by atoms with E-state index in [1.807, 2.05) is 6.92 Å². The van der Waals surface area contributed by atoms with Gasteiger partial charge in [0.05, 0.1) is 6.61 Å². The summed E-state index contributed by atoms with van der Waals surface area (Å²) in [6.07, 6.45) is -0.0515. The van der Waals surface area contributed by atoms with E-state index < -0.39 is 29.8 Å². The quantitative estimate of drug-likeness (QED) is 0.229. The van der Waals surface area contributed by atoms with Gasteiger partial charge in [-0.2, -0.15) is 0 Å². The Morgan fingerprint density at radius 2 is 1.68 bits per heavy atom. The van der Waals surface area contributed by atoms with Gasteiger partial charge in [0.25, 0.3) is 5.72 Å². The highest BCUT2D eigenvalue weighted by molar-refractivity contribution is 5.80. The van der Waals surface area contributed by atoms with Crippen molar-refractivity contribution in [2.24, 2.45) is 0 Å². The molecule has 0 unspecified atom stereocenters. The summed E-state index contributed by atoms with van der Waals surface area (Å²) in [4.78, 5) is 47.0. The first-order valence-electron chi connectivity index (χ1n) is 9.85. The van der Waals surface area contributed by atoms with E-state index in [0.717, 1.165) is 6.42 Å². The summed E-state index contributed by atoms with van der Waals surface area (Å²) in [5.41, 5.74) is -1.81. The number of aliphatic carboxylic acids is 1. The van der Waals surface area contributed by atoms with Crippen molar-refractivity contribution < 1.29 is 43.2 Å². The van der Waals surface area contributed by atoms with E-state index in [-0.39, 0.29) is 30.6 Å². The maximum absolute atomic E-state index is 12.2. The number of ether oxygens (including phenoxy) is 4. The molecule has 0 saturated heterocycles. The summed E-state index contributed by atoms with van der Waals surface area (Å²) >= 11 is 0. The Kier molecular flexibility index (Phi) is 9.94. The number of benzene rings is 1. The summed E-state index contributed by atoms with van der Waals surface area (Å²) < 4.78 is 20.2. The predicted octanol–water partition coefficient (Wildman–Crippen LogP) is 2.81. The van der Waals surface area contributed by atoms with E-state index in [9.17, 15) is 24.3 Å². The Morgan fingerprint density at radius 1 is 1.06 bits per heavy atom. The smallest absolute Gasteiger partial charge is 0.477 e. The van der Waals surface area contributed by atoms with Gasteiger partial charge >= 0.3 is 24.1 Å². The lowest BCUT2D eigenvalue weighted by molar-refractivity contribution is -0.166. The van der Waals surface area contributed by atoms with Gasteiger partial charge in [-0.3, -0.25) is 14.9 Å². The minimum absolute atomic E-state index is 0.0101. The molecule has 172 valence electrons. The number of esters is 2. The van der Waals surface area contributed by atoms with Crippen molar-refractivity contribution in [3.05, 3.63) is 23.8 Å². The molecule has 1 aromatic rings. The van der Waals surface area contributed by atoms with E-state index in [1.165, 1.54) is 32.0 Å². The molecule has 0 radical (unpaired) electrons. The largest absolute Gasteiger partial charge is 0.510 e. The fourth-order valence-corrected chi connectivity index (χ4v) is 2.66. The van der Waals surface area contributed by atoms with Gasteiger partial charge in [-0.15, -0.1) is 0 Å². The van der Waals surface area contributed by atoms with Gasteiger partial charge < -0.3 is 24.1 Å². The predicted molar refractivity (Wildman–Crippen MR) is 109 cm³/mol. The lowest BCUT2D eigenvalue weighted by Gasteiger charge is -2.31. The van der Waals surface area contributed by atoms with Crippen molar-refractivity contribution in [3.8, 4) is 11.5 Å². The lowest BCUT2D eigenvalue weighted by Crippen LogP contribution is -2.59. The zero-order valence-electron chi connectivity index (χ0n) is 18.4. The van der Waals surface area contributed by atoms with Gasteiger partial charge in [0.15, 0.2) is 11.5 Å². The van der Waals surface area contributed by atoms with E-state index in [1.54, 1.807) is 13.8 Å². The normalized spacial score (nSPS) is 12.6. The molecule has 0 spiro atoms. The van der Waals surface area contributed by atoms with Crippen LogP contribution in [-0.2, 0) is 30.3 Å². The Labute approximate surface area is 180 Å². The molecule has 0 bridgehead atoms. The summed E-state index contributed by atoms with van der Waals surface area (Å²) in [5, 5.41) is 12.6. The average Bonchev–Trinajstić information content (AvgIpc) is 2.62. The van der Waals surface area contributed by atoms with Crippen molar-refractivity contribution >= 4 is 24.1 Å². The zero-order chi connectivity index (χ0) is 23.6. The molecule has 0 heterocycles. The van der Waals surface area contributed by atoms with Crippen LogP contribution in [0.5, 0.6) is 11.5 Å². The number of carboxylic acids is 1. The molecule has 1 rings (SSSR count). The molecule has 31 heavy (non-hydrogen) atoms. The van der Waals surface area contributed by atoms with E-state index in [0.29, 0.717) is 12.0 Å². The monoisotopic (exact) mass is 439 g/mol. The molecule has 2 N–H and O–H groups in total. The van der Waals surface area contributed by atoms with Crippen LogP contribution in [0.2, 0.25) is 0 Å². The topological polar surface area (TPSA) is 137 Å². The van der Waals surface area contributed by atoms with E-state index in [2.05, 4.69) is 5.32 Å². The van der Waals surface area contributed by atoms with Gasteiger partial charge in [-0.05, 0) is 38.0 Å². The number of hydrogen-bond acceptors (Lipinski definition) is 9. The van der Waals surface area contributed by atoms with Gasteiger partial charge in [-0.1, -0.05) is 19.4 Å². The molecule has 0 saturated carbocycles. The van der Waals surface area contributed by atoms with Crippen molar-refractivity contribution in [2.75, 3.05) is 6.61 Å². The Morgan fingerprint density at radius 3 is 2.19 bits per heavy atom. The molecule has 0 aliphatic rings. The Hall–Kier alpha value is -3.14. The molecule has 10 heteroatoms. The molecule has 0 aliphatic heterocycles. The van der Waals surface area contributed by atoms with Crippen LogP contribution in [0.25, 0.3) is 0 Å². The van der Waals surface area contributed by atoms with Crippen LogP contribution in [0, 0.1) is 0 Å². The number of rotatable bonds is 11. The second-order valence-electron chi connectivity index (χ2n) is 7.13. The van der Waals surface area contributed by atoms with Crippen LogP contribution in [0.3, 0.4) is 0 Å². The molecule has 0 fully saturated rings. The SMILES string of the molecule is CCCCOC(=O)O[C@](Cc1ccc(OC(C)=O)c(OC(C)=O)c1)(NC(C)C)C(=O)O. The second-order valence-corrected chi connectivity index (χ2v) is 7.13. The van der Waals surface area contributed by atoms with Crippen LogP contribution < -0.4 is 14.8 Å². The first-order chi connectivity index (χ1) is 14.5. The minimum atomic E-state index is -2.14. The first-order valence-corrected chi connectivity index (χ1v) is 9.85. The summed E-state index contributed by atoms with van der Waals surface area (Å²) in [6, 6.07) is 3.80. The fourth-order valence-electron chi connectivity index (χ4n) is 2.66. The van der Waals surface area contributed by atoms with Gasteiger partial charge in [-0.25, -0.2) is 9.59 Å². The molecular formula is C21H29NO9. The number of nitrogens with one attached hydrogen (secondary N) is 1. The third kappa shape index (κ3) is 8.63. The number of hydrogen-bond donors (Lipinski definition) is 2. The molecule has 1 aromatic carbocycles. The molecule has 0 aromatic heterocycles. The third-order valence-electron chi connectivity index (χ3n) is 3.81. The Bertz CT molecular complexity index is 806. The fraction of sp³-hybridized carbons (Fsp3) is 0.524. The van der Waals surface area contributed by atoms with Crippen LogP contribution in [0.1, 0.15) is 53.0 Å². The van der Waals surface area contributed by atoms with Crippen LogP contribution in [-0.4, -0.2) is 47.5 Å². The third-order valence-corrected chi connectivity index (χ3v) is 3.81. The molecule has 0 aliphatic carbocycles. The average molecular weight is 439 g/mol. The number of carbonyl (C=O) groups is 4. The maximum atomic E-state index is 12.2. The van der Waals surface area contributed by atoms with Gasteiger partial charge in [0.1, 0.15) is 0 Å². The van der Waals surface area contributed by atoms with Gasteiger partial charge in [0.2, 0.25) is 0 Å². The molecule has 1 atom stereocenters. The molecular weight excluding hydrogens is 410 g/mol. The van der Waals surface area contributed by atoms with Crippen LogP contribution >= 0.6 is 0 Å². The van der Waals surface area contributed by atoms with Crippen molar-refractivity contribution in [1.82, 2.24) is 5.32 Å². The Balaban J connectivity index is 3.27. The number of carbonyl (C=O) groups excluding carboxylic acids is 3. The van der Waals surface area contributed by atoms with Crippen LogP contribution in [0.15, 0.2) is 18.2 Å².